The number of nitriles is 1. The average Bonchev–Trinajstić information content (AvgIpc) is 3.31. The van der Waals surface area contributed by atoms with Gasteiger partial charge in [0.15, 0.2) is 18.1 Å². The first-order valence-corrected chi connectivity index (χ1v) is 9.25. The number of carbonyl (C=O) groups is 2. The van der Waals surface area contributed by atoms with Crippen molar-refractivity contribution in [1.82, 2.24) is 5.32 Å². The van der Waals surface area contributed by atoms with E-state index in [2.05, 4.69) is 16.0 Å². The van der Waals surface area contributed by atoms with Gasteiger partial charge in [0.25, 0.3) is 5.91 Å². The summed E-state index contributed by atoms with van der Waals surface area (Å²) in [5.74, 6) is 1.00. The standard InChI is InChI=1S/C22H20N4O5/c1-29-20-11-15(12-23)4-9-19(20)31-14-21(27)25-16-5-7-17(8-6-16)26-22(28)24-13-18-3-2-10-30-18/h2-11H,13-14H2,1H3,(H,25,27)(H2,24,26,28). The summed E-state index contributed by atoms with van der Waals surface area (Å²) >= 11 is 0. The summed E-state index contributed by atoms with van der Waals surface area (Å²) in [6, 6.07) is 16.4. The van der Waals surface area contributed by atoms with Gasteiger partial charge in [-0.15, -0.1) is 0 Å². The topological polar surface area (TPSA) is 126 Å². The van der Waals surface area contributed by atoms with Crippen LogP contribution in [0.1, 0.15) is 11.3 Å². The summed E-state index contributed by atoms with van der Waals surface area (Å²) in [5, 5.41) is 17.0. The molecular formula is C22H20N4O5. The van der Waals surface area contributed by atoms with Crippen LogP contribution in [0.3, 0.4) is 0 Å². The average molecular weight is 420 g/mol. The second kappa shape index (κ2) is 10.4. The molecule has 3 rings (SSSR count). The minimum atomic E-state index is -0.377. The molecule has 0 atom stereocenters. The zero-order chi connectivity index (χ0) is 22.1. The summed E-state index contributed by atoms with van der Waals surface area (Å²) in [4.78, 5) is 24.1. The SMILES string of the molecule is COc1cc(C#N)ccc1OCC(=O)Nc1ccc(NC(=O)NCc2ccco2)cc1. The monoisotopic (exact) mass is 420 g/mol. The molecule has 3 aromatic rings. The highest BCUT2D eigenvalue weighted by atomic mass is 16.5. The molecule has 31 heavy (non-hydrogen) atoms. The quantitative estimate of drug-likeness (QED) is 0.512. The Morgan fingerprint density at radius 3 is 2.42 bits per heavy atom. The number of benzene rings is 2. The molecule has 0 unspecified atom stereocenters. The van der Waals surface area contributed by atoms with Gasteiger partial charge in [0.2, 0.25) is 0 Å². The van der Waals surface area contributed by atoms with Crippen molar-refractivity contribution in [2.24, 2.45) is 0 Å². The van der Waals surface area contributed by atoms with Gasteiger partial charge in [-0.2, -0.15) is 5.26 Å². The Balaban J connectivity index is 1.46. The van der Waals surface area contributed by atoms with Crippen molar-refractivity contribution in [3.05, 3.63) is 72.2 Å². The van der Waals surface area contributed by atoms with Crippen LogP contribution in [0, 0.1) is 11.3 Å². The first kappa shape index (κ1) is 21.3. The normalized spacial score (nSPS) is 9.94. The van der Waals surface area contributed by atoms with E-state index in [1.807, 2.05) is 6.07 Å². The van der Waals surface area contributed by atoms with Gasteiger partial charge in [-0.05, 0) is 48.5 Å². The Hall–Kier alpha value is -4.45. The number of methoxy groups -OCH3 is 1. The van der Waals surface area contributed by atoms with Crippen molar-refractivity contribution in [1.29, 1.82) is 5.26 Å². The molecule has 0 aliphatic carbocycles. The van der Waals surface area contributed by atoms with E-state index in [4.69, 9.17) is 19.2 Å². The van der Waals surface area contributed by atoms with E-state index in [9.17, 15) is 9.59 Å². The maximum absolute atomic E-state index is 12.2. The van der Waals surface area contributed by atoms with Crippen LogP contribution in [-0.2, 0) is 11.3 Å². The summed E-state index contributed by atoms with van der Waals surface area (Å²) in [6.45, 7) is 0.0362. The lowest BCUT2D eigenvalue weighted by molar-refractivity contribution is -0.118. The highest BCUT2D eigenvalue weighted by Crippen LogP contribution is 2.27. The third kappa shape index (κ3) is 6.27. The van der Waals surface area contributed by atoms with Crippen LogP contribution in [0.15, 0.2) is 65.3 Å². The zero-order valence-electron chi connectivity index (χ0n) is 16.7. The van der Waals surface area contributed by atoms with E-state index >= 15 is 0 Å². The summed E-state index contributed by atoms with van der Waals surface area (Å²) in [5.41, 5.74) is 1.53. The number of ether oxygens (including phenoxy) is 2. The van der Waals surface area contributed by atoms with Crippen LogP contribution in [0.4, 0.5) is 16.2 Å². The number of hydrogen-bond donors (Lipinski definition) is 3. The fraction of sp³-hybridized carbons (Fsp3) is 0.136. The first-order valence-electron chi connectivity index (χ1n) is 9.25. The molecule has 9 heteroatoms. The lowest BCUT2D eigenvalue weighted by Gasteiger charge is -2.11. The summed E-state index contributed by atoms with van der Waals surface area (Å²) < 4.78 is 15.8. The molecule has 0 bridgehead atoms. The van der Waals surface area contributed by atoms with Crippen LogP contribution < -0.4 is 25.4 Å². The number of nitrogens with one attached hydrogen (secondary N) is 3. The predicted octanol–water partition coefficient (Wildman–Crippen LogP) is 3.50. The number of amides is 3. The molecule has 0 saturated carbocycles. The van der Waals surface area contributed by atoms with Gasteiger partial charge >= 0.3 is 6.03 Å². The van der Waals surface area contributed by atoms with Gasteiger partial charge in [0.1, 0.15) is 5.76 Å². The van der Waals surface area contributed by atoms with Gasteiger partial charge < -0.3 is 29.8 Å². The number of nitrogens with zero attached hydrogens (tertiary/aromatic N) is 1. The van der Waals surface area contributed by atoms with Gasteiger partial charge in [-0.3, -0.25) is 4.79 Å². The maximum atomic E-state index is 12.2. The molecule has 1 aromatic heterocycles. The zero-order valence-corrected chi connectivity index (χ0v) is 16.7. The lowest BCUT2D eigenvalue weighted by atomic mass is 10.2. The van der Waals surface area contributed by atoms with Gasteiger partial charge in [-0.1, -0.05) is 0 Å². The Labute approximate surface area is 178 Å². The highest BCUT2D eigenvalue weighted by molar-refractivity contribution is 5.93. The second-order valence-electron chi connectivity index (χ2n) is 6.28. The van der Waals surface area contributed by atoms with Crippen LogP contribution in [0.25, 0.3) is 0 Å². The van der Waals surface area contributed by atoms with Crippen LogP contribution >= 0.6 is 0 Å². The number of carbonyl (C=O) groups excluding carboxylic acids is 2. The van der Waals surface area contributed by atoms with E-state index < -0.39 is 0 Å². The third-order valence-corrected chi connectivity index (χ3v) is 4.08. The van der Waals surface area contributed by atoms with Crippen molar-refractivity contribution in [2.75, 3.05) is 24.4 Å². The molecule has 3 amide bonds. The van der Waals surface area contributed by atoms with Crippen molar-refractivity contribution < 1.29 is 23.5 Å². The molecule has 0 aliphatic heterocycles. The Morgan fingerprint density at radius 2 is 1.77 bits per heavy atom. The third-order valence-electron chi connectivity index (χ3n) is 4.08. The largest absolute Gasteiger partial charge is 0.493 e. The minimum absolute atomic E-state index is 0.239. The number of hydrogen-bond acceptors (Lipinski definition) is 6. The molecular weight excluding hydrogens is 400 g/mol. The van der Waals surface area contributed by atoms with Gasteiger partial charge in [0.05, 0.1) is 31.6 Å². The van der Waals surface area contributed by atoms with Crippen molar-refractivity contribution in [2.45, 2.75) is 6.54 Å². The van der Waals surface area contributed by atoms with E-state index in [0.29, 0.717) is 34.2 Å². The number of urea groups is 1. The number of anilines is 2. The number of rotatable bonds is 8. The van der Waals surface area contributed by atoms with E-state index in [0.717, 1.165) is 0 Å². The van der Waals surface area contributed by atoms with Gasteiger partial charge in [-0.25, -0.2) is 4.79 Å². The molecule has 0 radical (unpaired) electrons. The van der Waals surface area contributed by atoms with Crippen LogP contribution in [0.2, 0.25) is 0 Å². The summed E-state index contributed by atoms with van der Waals surface area (Å²) in [7, 11) is 1.45. The smallest absolute Gasteiger partial charge is 0.319 e. The maximum Gasteiger partial charge on any atom is 0.319 e. The molecule has 3 N–H and O–H groups in total. The van der Waals surface area contributed by atoms with Crippen molar-refractivity contribution in [3.63, 3.8) is 0 Å². The molecule has 0 saturated heterocycles. The Bertz CT molecular complexity index is 1070. The van der Waals surface area contributed by atoms with Crippen molar-refractivity contribution >= 4 is 23.3 Å². The second-order valence-corrected chi connectivity index (χ2v) is 6.28. The molecule has 1 heterocycles. The lowest BCUT2D eigenvalue weighted by Crippen LogP contribution is -2.28. The van der Waals surface area contributed by atoms with Crippen LogP contribution in [0.5, 0.6) is 11.5 Å². The number of furan rings is 1. The fourth-order valence-electron chi connectivity index (χ4n) is 2.59. The Morgan fingerprint density at radius 1 is 1.03 bits per heavy atom. The van der Waals surface area contributed by atoms with Crippen molar-refractivity contribution in [3.8, 4) is 17.6 Å². The molecule has 158 valence electrons. The molecule has 0 aliphatic rings. The molecule has 0 spiro atoms. The van der Waals surface area contributed by atoms with Crippen LogP contribution in [-0.4, -0.2) is 25.7 Å². The molecule has 9 nitrogen and oxygen atoms in total. The Kier molecular flexibility index (Phi) is 7.11. The fourth-order valence-corrected chi connectivity index (χ4v) is 2.59. The van der Waals surface area contributed by atoms with Gasteiger partial charge in [0, 0.05) is 17.4 Å². The summed E-state index contributed by atoms with van der Waals surface area (Å²) in [6.07, 6.45) is 1.54. The predicted molar refractivity (Wildman–Crippen MR) is 113 cm³/mol. The molecule has 0 fully saturated rings. The molecule has 2 aromatic carbocycles. The highest BCUT2D eigenvalue weighted by Gasteiger charge is 2.09. The van der Waals surface area contributed by atoms with E-state index in [1.165, 1.54) is 19.4 Å². The van der Waals surface area contributed by atoms with E-state index in [-0.39, 0.29) is 25.1 Å². The first-order chi connectivity index (χ1) is 15.1. The van der Waals surface area contributed by atoms with E-state index in [1.54, 1.807) is 48.5 Å². The minimum Gasteiger partial charge on any atom is -0.493 e.